The molecule has 2 N–H and O–H groups in total. The van der Waals surface area contributed by atoms with Crippen LogP contribution in [-0.4, -0.2) is 62.1 Å². The molecule has 162 valence electrons. The van der Waals surface area contributed by atoms with Crippen molar-refractivity contribution in [3.8, 4) is 5.88 Å². The standard InChI is InChI=1S/C22H21N7O3/c1-28-20-14-7-13-11(6-17(14)25-21(23)15(20)8-24-28)5-12-9-32-10-18(29(12)22(13)30)16-3-4-19(31-2)27-26-16/h3-4,6-8,12,18H,5,9-10H2,1-2H3,(H2,23,25)/t12-,18-/m1/s1. The smallest absolute Gasteiger partial charge is 0.255 e. The monoisotopic (exact) mass is 431 g/mol. The normalized spacial score (nSPS) is 20.4. The van der Waals surface area contributed by atoms with E-state index in [9.17, 15) is 4.79 Å². The number of aryl methyl sites for hydroxylation is 1. The molecule has 2 atom stereocenters. The quantitative estimate of drug-likeness (QED) is 0.508. The molecule has 10 heteroatoms. The van der Waals surface area contributed by atoms with Gasteiger partial charge in [-0.25, -0.2) is 4.98 Å². The molecule has 2 aliphatic rings. The molecule has 1 aromatic carbocycles. The van der Waals surface area contributed by atoms with E-state index in [0.29, 0.717) is 42.6 Å². The van der Waals surface area contributed by atoms with Crippen molar-refractivity contribution < 1.29 is 14.3 Å². The zero-order valence-corrected chi connectivity index (χ0v) is 17.6. The van der Waals surface area contributed by atoms with E-state index in [4.69, 9.17) is 15.2 Å². The van der Waals surface area contributed by atoms with Gasteiger partial charge in [0, 0.05) is 24.1 Å². The second kappa shape index (κ2) is 6.86. The number of nitrogens with zero attached hydrogens (tertiary/aromatic N) is 6. The highest BCUT2D eigenvalue weighted by Gasteiger charge is 2.41. The highest BCUT2D eigenvalue weighted by molar-refractivity contribution is 6.11. The van der Waals surface area contributed by atoms with Gasteiger partial charge in [0.1, 0.15) is 5.82 Å². The topological polar surface area (TPSA) is 121 Å². The largest absolute Gasteiger partial charge is 0.480 e. The molecule has 1 fully saturated rings. The predicted molar refractivity (Wildman–Crippen MR) is 116 cm³/mol. The van der Waals surface area contributed by atoms with Gasteiger partial charge >= 0.3 is 0 Å². The number of methoxy groups -OCH3 is 1. The second-order valence-electron chi connectivity index (χ2n) is 8.18. The van der Waals surface area contributed by atoms with Crippen LogP contribution in [0.25, 0.3) is 21.8 Å². The number of morpholine rings is 1. The molecule has 10 nitrogen and oxygen atoms in total. The van der Waals surface area contributed by atoms with Crippen molar-refractivity contribution in [3.63, 3.8) is 0 Å². The molecule has 6 rings (SSSR count). The maximum Gasteiger partial charge on any atom is 0.255 e. The summed E-state index contributed by atoms with van der Waals surface area (Å²) in [5, 5.41) is 14.3. The van der Waals surface area contributed by atoms with E-state index >= 15 is 0 Å². The lowest BCUT2D eigenvalue weighted by Crippen LogP contribution is -2.54. The molecule has 0 bridgehead atoms. The minimum Gasteiger partial charge on any atom is -0.480 e. The first-order valence-corrected chi connectivity index (χ1v) is 10.4. The van der Waals surface area contributed by atoms with E-state index in [1.165, 1.54) is 0 Å². The molecule has 0 aliphatic carbocycles. The van der Waals surface area contributed by atoms with Crippen LogP contribution in [0.1, 0.15) is 27.7 Å². The van der Waals surface area contributed by atoms with E-state index in [1.807, 2.05) is 30.1 Å². The molecular formula is C22H21N7O3. The Labute approximate surface area is 182 Å². The van der Waals surface area contributed by atoms with Gasteiger partial charge in [-0.2, -0.15) is 5.10 Å². The Bertz CT molecular complexity index is 1380. The summed E-state index contributed by atoms with van der Waals surface area (Å²) < 4.78 is 12.7. The van der Waals surface area contributed by atoms with E-state index in [0.717, 1.165) is 27.4 Å². The number of benzene rings is 1. The summed E-state index contributed by atoms with van der Waals surface area (Å²) in [4.78, 5) is 20.2. The Hall–Kier alpha value is -3.79. The average Bonchev–Trinajstić information content (AvgIpc) is 3.20. The number of anilines is 1. The summed E-state index contributed by atoms with van der Waals surface area (Å²) in [6.07, 6.45) is 2.37. The number of carbonyl (C=O) groups is 1. The molecule has 0 radical (unpaired) electrons. The van der Waals surface area contributed by atoms with Crippen molar-refractivity contribution in [2.75, 3.05) is 26.1 Å². The molecule has 0 spiro atoms. The number of hydrogen-bond donors (Lipinski definition) is 1. The molecule has 4 aromatic rings. The predicted octanol–water partition coefficient (Wildman–Crippen LogP) is 1.64. The van der Waals surface area contributed by atoms with E-state index in [2.05, 4.69) is 20.3 Å². The van der Waals surface area contributed by atoms with Gasteiger partial charge < -0.3 is 20.1 Å². The Morgan fingerprint density at radius 1 is 1.19 bits per heavy atom. The van der Waals surface area contributed by atoms with Gasteiger partial charge in [-0.05, 0) is 30.2 Å². The van der Waals surface area contributed by atoms with Crippen LogP contribution in [0.15, 0.2) is 30.5 Å². The Balaban J connectivity index is 1.48. The average molecular weight is 431 g/mol. The van der Waals surface area contributed by atoms with Gasteiger partial charge in [0.05, 0.1) is 60.7 Å². The van der Waals surface area contributed by atoms with Crippen molar-refractivity contribution in [2.24, 2.45) is 7.05 Å². The number of pyridine rings is 1. The Kier molecular flexibility index (Phi) is 4.06. The number of nitrogens with two attached hydrogens (primary N) is 1. The molecule has 0 saturated carbocycles. The first-order valence-electron chi connectivity index (χ1n) is 10.4. The van der Waals surface area contributed by atoms with E-state index in [1.54, 1.807) is 24.1 Å². The van der Waals surface area contributed by atoms with Gasteiger partial charge in [0.25, 0.3) is 5.91 Å². The summed E-state index contributed by atoms with van der Waals surface area (Å²) in [7, 11) is 3.40. The van der Waals surface area contributed by atoms with Crippen LogP contribution >= 0.6 is 0 Å². The van der Waals surface area contributed by atoms with Gasteiger partial charge in [0.2, 0.25) is 5.88 Å². The van der Waals surface area contributed by atoms with E-state index < -0.39 is 0 Å². The maximum atomic E-state index is 13.8. The van der Waals surface area contributed by atoms with Crippen LogP contribution < -0.4 is 10.5 Å². The molecule has 2 aliphatic heterocycles. The minimum absolute atomic E-state index is 0.0452. The number of carbonyl (C=O) groups excluding carboxylic acids is 1. The number of hydrogen-bond acceptors (Lipinski definition) is 8. The fourth-order valence-corrected chi connectivity index (χ4v) is 4.85. The van der Waals surface area contributed by atoms with E-state index in [-0.39, 0.29) is 18.0 Å². The third-order valence-electron chi connectivity index (χ3n) is 6.38. The number of rotatable bonds is 2. The van der Waals surface area contributed by atoms with Crippen molar-refractivity contribution >= 4 is 33.5 Å². The molecule has 3 aromatic heterocycles. The van der Waals surface area contributed by atoms with Crippen molar-refractivity contribution in [3.05, 3.63) is 47.3 Å². The SMILES string of the molecule is COc1ccc([C@H]2COC[C@H]3Cc4cc5nc(N)c6cnn(C)c6c5cc4C(=O)N32)nn1. The summed E-state index contributed by atoms with van der Waals surface area (Å²) in [6.45, 7) is 0.843. The zero-order valence-electron chi connectivity index (χ0n) is 17.6. The number of fused-ring (bicyclic) bond motifs is 5. The highest BCUT2D eigenvalue weighted by atomic mass is 16.5. The van der Waals surface area contributed by atoms with Crippen LogP contribution in [0, 0.1) is 0 Å². The number of amides is 1. The number of ether oxygens (including phenoxy) is 2. The fraction of sp³-hybridized carbons (Fsp3) is 0.318. The lowest BCUT2D eigenvalue weighted by molar-refractivity contribution is -0.0412. The van der Waals surface area contributed by atoms with Gasteiger partial charge in [-0.3, -0.25) is 9.48 Å². The van der Waals surface area contributed by atoms with Crippen LogP contribution in [0.5, 0.6) is 5.88 Å². The van der Waals surface area contributed by atoms with Crippen molar-refractivity contribution in [1.29, 1.82) is 0 Å². The maximum absolute atomic E-state index is 13.8. The highest BCUT2D eigenvalue weighted by Crippen LogP contribution is 2.37. The summed E-state index contributed by atoms with van der Waals surface area (Å²) >= 11 is 0. The summed E-state index contributed by atoms with van der Waals surface area (Å²) in [5.74, 6) is 0.815. The molecule has 32 heavy (non-hydrogen) atoms. The van der Waals surface area contributed by atoms with Crippen molar-refractivity contribution in [2.45, 2.75) is 18.5 Å². The summed E-state index contributed by atoms with van der Waals surface area (Å²) in [5.41, 5.74) is 10.1. The minimum atomic E-state index is -0.315. The lowest BCUT2D eigenvalue weighted by atomic mass is 9.89. The Morgan fingerprint density at radius 2 is 2.06 bits per heavy atom. The third kappa shape index (κ3) is 2.65. The third-order valence-corrected chi connectivity index (χ3v) is 6.38. The van der Waals surface area contributed by atoms with Crippen LogP contribution in [0.2, 0.25) is 0 Å². The molecular weight excluding hydrogens is 410 g/mol. The lowest BCUT2D eigenvalue weighted by Gasteiger charge is -2.44. The molecule has 1 amide bonds. The molecule has 1 saturated heterocycles. The van der Waals surface area contributed by atoms with Gasteiger partial charge in [-0.15, -0.1) is 10.2 Å². The van der Waals surface area contributed by atoms with Gasteiger partial charge in [-0.1, -0.05) is 0 Å². The zero-order chi connectivity index (χ0) is 22.0. The Morgan fingerprint density at radius 3 is 2.84 bits per heavy atom. The second-order valence-corrected chi connectivity index (χ2v) is 8.18. The molecule has 0 unspecified atom stereocenters. The van der Waals surface area contributed by atoms with Crippen LogP contribution in [0.4, 0.5) is 5.82 Å². The van der Waals surface area contributed by atoms with Crippen molar-refractivity contribution in [1.82, 2.24) is 29.9 Å². The summed E-state index contributed by atoms with van der Waals surface area (Å²) in [6, 6.07) is 7.07. The first kappa shape index (κ1) is 18.9. The first-order chi connectivity index (χ1) is 15.5. The van der Waals surface area contributed by atoms with Crippen LogP contribution in [-0.2, 0) is 18.2 Å². The molecule has 5 heterocycles. The fourth-order valence-electron chi connectivity index (χ4n) is 4.85. The number of aromatic nitrogens is 5. The van der Waals surface area contributed by atoms with Gasteiger partial charge in [0.15, 0.2) is 0 Å². The van der Waals surface area contributed by atoms with Crippen LogP contribution in [0.3, 0.4) is 0 Å². The number of nitrogen functional groups attached to an aromatic ring is 1.